The minimum atomic E-state index is 0.579. The number of nitrogens with two attached hydrogens (primary N) is 1. The predicted molar refractivity (Wildman–Crippen MR) is 64.9 cm³/mol. The third kappa shape index (κ3) is 3.51. The van der Waals surface area contributed by atoms with E-state index in [-0.39, 0.29) is 0 Å². The van der Waals surface area contributed by atoms with Gasteiger partial charge in [0.2, 0.25) is 0 Å². The molecular weight excluding hydrogens is 186 g/mol. The molecule has 0 atom stereocenters. The highest BCUT2D eigenvalue weighted by Gasteiger charge is 2.05. The largest absolute Gasteiger partial charge is 0.373 e. The summed E-state index contributed by atoms with van der Waals surface area (Å²) in [5.41, 5.74) is 8.02. The number of unbranched alkanes of at least 4 members (excludes halogenated alkanes) is 2. The minimum absolute atomic E-state index is 0.579. The lowest BCUT2D eigenvalue weighted by Crippen LogP contribution is -2.20. The molecule has 1 rings (SSSR count). The van der Waals surface area contributed by atoms with Crippen LogP contribution in [0.5, 0.6) is 0 Å². The van der Waals surface area contributed by atoms with Crippen molar-refractivity contribution in [3.8, 4) is 0 Å². The number of hydrogen-bond acceptors (Lipinski definition) is 3. The number of hydrogen-bond donors (Lipinski definition) is 1. The van der Waals surface area contributed by atoms with Gasteiger partial charge in [0, 0.05) is 26.3 Å². The molecule has 15 heavy (non-hydrogen) atoms. The van der Waals surface area contributed by atoms with Crippen molar-refractivity contribution in [1.29, 1.82) is 0 Å². The number of aromatic nitrogens is 1. The second-order valence-corrected chi connectivity index (χ2v) is 3.84. The van der Waals surface area contributed by atoms with Gasteiger partial charge in [-0.1, -0.05) is 19.8 Å². The smallest absolute Gasteiger partial charge is 0.0595 e. The van der Waals surface area contributed by atoms with Gasteiger partial charge in [0.05, 0.1) is 11.9 Å². The summed E-state index contributed by atoms with van der Waals surface area (Å²) in [4.78, 5) is 6.39. The number of pyridine rings is 1. The molecule has 0 amide bonds. The standard InChI is InChI=1S/C12H21N3/c1-3-4-5-8-15(2)12-10-14-7-6-11(12)9-13/h6-7,10H,3-5,8-9,13H2,1-2H3. The quantitative estimate of drug-likeness (QED) is 0.727. The summed E-state index contributed by atoms with van der Waals surface area (Å²) in [6.45, 7) is 3.87. The van der Waals surface area contributed by atoms with Gasteiger partial charge in [-0.25, -0.2) is 0 Å². The Kier molecular flexibility index (Phi) is 5.12. The first-order chi connectivity index (χ1) is 7.29. The molecule has 1 aromatic heterocycles. The van der Waals surface area contributed by atoms with Gasteiger partial charge in [-0.3, -0.25) is 4.98 Å². The van der Waals surface area contributed by atoms with Gasteiger partial charge >= 0.3 is 0 Å². The molecule has 0 aliphatic rings. The molecule has 1 aromatic rings. The minimum Gasteiger partial charge on any atom is -0.373 e. The Morgan fingerprint density at radius 1 is 1.40 bits per heavy atom. The van der Waals surface area contributed by atoms with Crippen molar-refractivity contribution in [2.75, 3.05) is 18.5 Å². The predicted octanol–water partition coefficient (Wildman–Crippen LogP) is 2.17. The lowest BCUT2D eigenvalue weighted by molar-refractivity contribution is 0.703. The van der Waals surface area contributed by atoms with E-state index in [1.807, 2.05) is 12.3 Å². The molecule has 0 saturated heterocycles. The molecule has 0 unspecified atom stereocenters. The molecule has 3 nitrogen and oxygen atoms in total. The fourth-order valence-corrected chi connectivity index (χ4v) is 1.65. The van der Waals surface area contributed by atoms with Crippen molar-refractivity contribution < 1.29 is 0 Å². The van der Waals surface area contributed by atoms with Gasteiger partial charge in [-0.2, -0.15) is 0 Å². The highest BCUT2D eigenvalue weighted by molar-refractivity contribution is 5.50. The monoisotopic (exact) mass is 207 g/mol. The molecule has 0 radical (unpaired) electrons. The van der Waals surface area contributed by atoms with E-state index < -0.39 is 0 Å². The summed E-state index contributed by atoms with van der Waals surface area (Å²) < 4.78 is 0. The average Bonchev–Trinajstić information content (AvgIpc) is 2.29. The van der Waals surface area contributed by atoms with Gasteiger partial charge in [0.15, 0.2) is 0 Å². The number of nitrogens with zero attached hydrogens (tertiary/aromatic N) is 2. The Morgan fingerprint density at radius 3 is 2.87 bits per heavy atom. The summed E-state index contributed by atoms with van der Waals surface area (Å²) >= 11 is 0. The molecule has 3 heteroatoms. The Labute approximate surface area is 92.3 Å². The van der Waals surface area contributed by atoms with E-state index in [2.05, 4.69) is 23.9 Å². The van der Waals surface area contributed by atoms with Crippen LogP contribution in [0.4, 0.5) is 5.69 Å². The molecule has 0 aliphatic carbocycles. The molecule has 0 aromatic carbocycles. The van der Waals surface area contributed by atoms with Crippen LogP contribution in [0.3, 0.4) is 0 Å². The third-order valence-electron chi connectivity index (χ3n) is 2.62. The lowest BCUT2D eigenvalue weighted by atomic mass is 10.2. The van der Waals surface area contributed by atoms with E-state index in [9.17, 15) is 0 Å². The Bertz CT molecular complexity index is 286. The third-order valence-corrected chi connectivity index (χ3v) is 2.62. The topological polar surface area (TPSA) is 42.2 Å². The first kappa shape index (κ1) is 12.0. The number of anilines is 1. The molecule has 0 fully saturated rings. The maximum Gasteiger partial charge on any atom is 0.0595 e. The summed E-state index contributed by atoms with van der Waals surface area (Å²) in [5.74, 6) is 0. The number of rotatable bonds is 6. The van der Waals surface area contributed by atoms with E-state index in [1.54, 1.807) is 6.20 Å². The van der Waals surface area contributed by atoms with Crippen LogP contribution in [0, 0.1) is 0 Å². The van der Waals surface area contributed by atoms with Crippen LogP contribution in [-0.4, -0.2) is 18.6 Å². The SMILES string of the molecule is CCCCCN(C)c1cnccc1CN. The molecule has 0 saturated carbocycles. The molecular formula is C12H21N3. The summed E-state index contributed by atoms with van der Waals surface area (Å²) in [6.07, 6.45) is 7.46. The zero-order valence-electron chi connectivity index (χ0n) is 9.74. The van der Waals surface area contributed by atoms with Gasteiger partial charge in [0.1, 0.15) is 0 Å². The van der Waals surface area contributed by atoms with Crippen molar-refractivity contribution in [1.82, 2.24) is 4.98 Å². The van der Waals surface area contributed by atoms with Crippen LogP contribution in [0.2, 0.25) is 0 Å². The maximum absolute atomic E-state index is 5.69. The Balaban J connectivity index is 2.59. The van der Waals surface area contributed by atoms with Crippen LogP contribution in [-0.2, 0) is 6.54 Å². The van der Waals surface area contributed by atoms with Crippen LogP contribution >= 0.6 is 0 Å². The fraction of sp³-hybridized carbons (Fsp3) is 0.583. The molecule has 1 heterocycles. The Morgan fingerprint density at radius 2 is 2.20 bits per heavy atom. The fourth-order valence-electron chi connectivity index (χ4n) is 1.65. The van der Waals surface area contributed by atoms with Crippen LogP contribution in [0.25, 0.3) is 0 Å². The first-order valence-electron chi connectivity index (χ1n) is 5.63. The zero-order valence-corrected chi connectivity index (χ0v) is 9.74. The van der Waals surface area contributed by atoms with Crippen molar-refractivity contribution >= 4 is 5.69 Å². The van der Waals surface area contributed by atoms with E-state index in [0.29, 0.717) is 6.54 Å². The highest BCUT2D eigenvalue weighted by Crippen LogP contribution is 2.17. The average molecular weight is 207 g/mol. The molecule has 84 valence electrons. The first-order valence-corrected chi connectivity index (χ1v) is 5.63. The molecule has 0 bridgehead atoms. The Hall–Kier alpha value is -1.09. The van der Waals surface area contributed by atoms with Gasteiger partial charge in [-0.05, 0) is 18.1 Å². The van der Waals surface area contributed by atoms with Crippen molar-refractivity contribution in [2.24, 2.45) is 5.73 Å². The second kappa shape index (κ2) is 6.40. The van der Waals surface area contributed by atoms with Gasteiger partial charge in [-0.15, -0.1) is 0 Å². The highest BCUT2D eigenvalue weighted by atomic mass is 15.1. The van der Waals surface area contributed by atoms with Crippen molar-refractivity contribution in [3.05, 3.63) is 24.0 Å². The van der Waals surface area contributed by atoms with Crippen molar-refractivity contribution in [2.45, 2.75) is 32.7 Å². The summed E-state index contributed by atoms with van der Waals surface area (Å²) in [5, 5.41) is 0. The van der Waals surface area contributed by atoms with Gasteiger partial charge < -0.3 is 10.6 Å². The van der Waals surface area contributed by atoms with E-state index in [4.69, 9.17) is 5.73 Å². The summed E-state index contributed by atoms with van der Waals surface area (Å²) in [7, 11) is 2.10. The van der Waals surface area contributed by atoms with Crippen LogP contribution in [0.15, 0.2) is 18.5 Å². The maximum atomic E-state index is 5.69. The lowest BCUT2D eigenvalue weighted by Gasteiger charge is -2.21. The van der Waals surface area contributed by atoms with E-state index in [0.717, 1.165) is 12.2 Å². The molecule has 0 aliphatic heterocycles. The van der Waals surface area contributed by atoms with Gasteiger partial charge in [0.25, 0.3) is 0 Å². The normalized spacial score (nSPS) is 10.3. The zero-order chi connectivity index (χ0) is 11.1. The second-order valence-electron chi connectivity index (χ2n) is 3.84. The summed E-state index contributed by atoms with van der Waals surface area (Å²) in [6, 6.07) is 1.99. The van der Waals surface area contributed by atoms with E-state index >= 15 is 0 Å². The van der Waals surface area contributed by atoms with Crippen molar-refractivity contribution in [3.63, 3.8) is 0 Å². The molecule has 2 N–H and O–H groups in total. The van der Waals surface area contributed by atoms with Crippen LogP contribution < -0.4 is 10.6 Å². The van der Waals surface area contributed by atoms with Crippen LogP contribution in [0.1, 0.15) is 31.7 Å². The molecule has 0 spiro atoms. The van der Waals surface area contributed by atoms with E-state index in [1.165, 1.54) is 24.8 Å².